The SMILES string of the molecule is CCN(CC)CCCC(C)NC(=NC)NCc1cccnc1N1CCN(C)CC1. The van der Waals surface area contributed by atoms with E-state index in [1.807, 2.05) is 19.3 Å². The molecule has 0 spiro atoms. The zero-order valence-electron chi connectivity index (χ0n) is 19.1. The number of nitrogens with one attached hydrogen (secondary N) is 2. The minimum atomic E-state index is 0.391. The maximum Gasteiger partial charge on any atom is 0.191 e. The Balaban J connectivity index is 1.83. The summed E-state index contributed by atoms with van der Waals surface area (Å²) in [7, 11) is 4.01. The number of likely N-dealkylation sites (N-methyl/N-ethyl adjacent to an activating group) is 1. The zero-order valence-corrected chi connectivity index (χ0v) is 19.1. The van der Waals surface area contributed by atoms with Crippen LogP contribution in [-0.2, 0) is 6.54 Å². The third kappa shape index (κ3) is 7.82. The van der Waals surface area contributed by atoms with Crippen molar-refractivity contribution in [2.45, 2.75) is 46.2 Å². The molecule has 7 nitrogen and oxygen atoms in total. The smallest absolute Gasteiger partial charge is 0.191 e. The van der Waals surface area contributed by atoms with Gasteiger partial charge < -0.3 is 25.3 Å². The van der Waals surface area contributed by atoms with E-state index in [-0.39, 0.29) is 0 Å². The van der Waals surface area contributed by atoms with Gasteiger partial charge in [-0.05, 0) is 52.5 Å². The van der Waals surface area contributed by atoms with Crippen molar-refractivity contribution in [2.24, 2.45) is 4.99 Å². The molecular weight excluding hydrogens is 362 g/mol. The second kappa shape index (κ2) is 12.6. The molecule has 0 saturated carbocycles. The highest BCUT2D eigenvalue weighted by molar-refractivity contribution is 5.80. The molecule has 164 valence electrons. The third-order valence-corrected chi connectivity index (χ3v) is 5.73. The quantitative estimate of drug-likeness (QED) is 0.460. The maximum absolute atomic E-state index is 4.67. The van der Waals surface area contributed by atoms with Gasteiger partial charge in [0.1, 0.15) is 5.82 Å². The maximum atomic E-state index is 4.67. The molecule has 2 rings (SSSR count). The second-order valence-corrected chi connectivity index (χ2v) is 7.92. The fourth-order valence-corrected chi connectivity index (χ4v) is 3.71. The van der Waals surface area contributed by atoms with Gasteiger partial charge in [0, 0.05) is 57.6 Å². The fourth-order valence-electron chi connectivity index (χ4n) is 3.71. The molecule has 1 fully saturated rings. The van der Waals surface area contributed by atoms with Crippen molar-refractivity contribution in [1.82, 2.24) is 25.4 Å². The summed E-state index contributed by atoms with van der Waals surface area (Å²) in [6.07, 6.45) is 4.22. The highest BCUT2D eigenvalue weighted by atomic mass is 15.3. The lowest BCUT2D eigenvalue weighted by Crippen LogP contribution is -2.45. The Bertz CT molecular complexity index is 607. The Kier molecular flexibility index (Phi) is 10.2. The molecule has 1 saturated heterocycles. The summed E-state index contributed by atoms with van der Waals surface area (Å²) < 4.78 is 0. The van der Waals surface area contributed by atoms with Crippen LogP contribution in [0.1, 0.15) is 39.2 Å². The molecule has 2 N–H and O–H groups in total. The molecule has 1 aromatic rings. The van der Waals surface area contributed by atoms with E-state index in [0.717, 1.165) is 70.6 Å². The van der Waals surface area contributed by atoms with E-state index in [2.05, 4.69) is 69.2 Å². The van der Waals surface area contributed by atoms with E-state index in [1.54, 1.807) is 0 Å². The fraction of sp³-hybridized carbons (Fsp3) is 0.727. The van der Waals surface area contributed by atoms with Crippen molar-refractivity contribution in [1.29, 1.82) is 0 Å². The van der Waals surface area contributed by atoms with Crippen molar-refractivity contribution in [2.75, 3.05) is 64.8 Å². The first-order chi connectivity index (χ1) is 14.1. The molecule has 1 unspecified atom stereocenters. The van der Waals surface area contributed by atoms with Crippen molar-refractivity contribution >= 4 is 11.8 Å². The summed E-state index contributed by atoms with van der Waals surface area (Å²) in [5, 5.41) is 7.01. The highest BCUT2D eigenvalue weighted by Gasteiger charge is 2.18. The average Bonchev–Trinajstić information content (AvgIpc) is 2.75. The number of pyridine rings is 1. The standard InChI is InChI=1S/C22H41N7/c1-6-28(7-2)13-9-10-19(3)26-22(23-4)25-18-20-11-8-12-24-21(20)29-16-14-27(5)15-17-29/h8,11-12,19H,6-7,9-10,13-18H2,1-5H3,(H2,23,25,26). The Morgan fingerprint density at radius 1 is 1.24 bits per heavy atom. The number of nitrogens with zero attached hydrogens (tertiary/aromatic N) is 5. The summed E-state index contributed by atoms with van der Waals surface area (Å²) in [6.45, 7) is 15.0. The lowest BCUT2D eigenvalue weighted by molar-refractivity contribution is 0.292. The molecule has 2 heterocycles. The molecule has 1 aliphatic rings. The van der Waals surface area contributed by atoms with E-state index in [4.69, 9.17) is 0 Å². The van der Waals surface area contributed by atoms with Crippen LogP contribution in [0.2, 0.25) is 0 Å². The number of guanidine groups is 1. The van der Waals surface area contributed by atoms with Crippen LogP contribution in [-0.4, -0.2) is 86.7 Å². The molecule has 1 atom stereocenters. The van der Waals surface area contributed by atoms with Crippen LogP contribution in [0.5, 0.6) is 0 Å². The lowest BCUT2D eigenvalue weighted by Gasteiger charge is -2.34. The van der Waals surface area contributed by atoms with E-state index in [0.29, 0.717) is 6.04 Å². The number of rotatable bonds is 10. The Morgan fingerprint density at radius 2 is 1.97 bits per heavy atom. The van der Waals surface area contributed by atoms with Crippen LogP contribution in [0.25, 0.3) is 0 Å². The minimum absolute atomic E-state index is 0.391. The van der Waals surface area contributed by atoms with E-state index < -0.39 is 0 Å². The normalized spacial score (nSPS) is 16.9. The molecule has 7 heteroatoms. The number of hydrogen-bond acceptors (Lipinski definition) is 5. The van der Waals surface area contributed by atoms with Gasteiger partial charge in [-0.3, -0.25) is 4.99 Å². The van der Waals surface area contributed by atoms with Gasteiger partial charge in [-0.2, -0.15) is 0 Å². The predicted molar refractivity (Wildman–Crippen MR) is 124 cm³/mol. The summed E-state index contributed by atoms with van der Waals surface area (Å²) in [5.41, 5.74) is 1.22. The van der Waals surface area contributed by atoms with E-state index in [1.165, 1.54) is 12.0 Å². The topological polar surface area (TPSA) is 59.0 Å². The molecule has 0 aliphatic carbocycles. The first kappa shape index (κ1) is 23.4. The van der Waals surface area contributed by atoms with Gasteiger partial charge >= 0.3 is 0 Å². The lowest BCUT2D eigenvalue weighted by atomic mass is 10.2. The molecule has 0 bridgehead atoms. The van der Waals surface area contributed by atoms with Gasteiger partial charge in [0.25, 0.3) is 0 Å². The molecule has 1 aliphatic heterocycles. The third-order valence-electron chi connectivity index (χ3n) is 5.73. The molecule has 0 amide bonds. The average molecular weight is 404 g/mol. The molecule has 0 radical (unpaired) electrons. The van der Waals surface area contributed by atoms with E-state index in [9.17, 15) is 0 Å². The van der Waals surface area contributed by atoms with E-state index >= 15 is 0 Å². The second-order valence-electron chi connectivity index (χ2n) is 7.92. The highest BCUT2D eigenvalue weighted by Crippen LogP contribution is 2.18. The molecule has 1 aromatic heterocycles. The van der Waals surface area contributed by atoms with Crippen LogP contribution >= 0.6 is 0 Å². The number of piperazine rings is 1. The van der Waals surface area contributed by atoms with Gasteiger partial charge in [-0.15, -0.1) is 0 Å². The minimum Gasteiger partial charge on any atom is -0.354 e. The summed E-state index contributed by atoms with van der Waals surface area (Å²) in [4.78, 5) is 16.3. The van der Waals surface area contributed by atoms with Crippen LogP contribution in [0.15, 0.2) is 23.3 Å². The molecule has 29 heavy (non-hydrogen) atoms. The van der Waals surface area contributed by atoms with Gasteiger partial charge in [-0.25, -0.2) is 4.98 Å². The number of anilines is 1. The first-order valence-electron chi connectivity index (χ1n) is 11.1. The predicted octanol–water partition coefficient (Wildman–Crippen LogP) is 2.01. The molecular formula is C22H41N7. The van der Waals surface area contributed by atoms with Crippen LogP contribution in [0, 0.1) is 0 Å². The van der Waals surface area contributed by atoms with Gasteiger partial charge in [0.2, 0.25) is 0 Å². The number of aromatic nitrogens is 1. The van der Waals surface area contributed by atoms with Crippen molar-refractivity contribution in [3.05, 3.63) is 23.9 Å². The summed E-state index contributed by atoms with van der Waals surface area (Å²) in [6, 6.07) is 4.57. The largest absolute Gasteiger partial charge is 0.354 e. The Hall–Kier alpha value is -1.86. The van der Waals surface area contributed by atoms with Crippen molar-refractivity contribution in [3.8, 4) is 0 Å². The first-order valence-corrected chi connectivity index (χ1v) is 11.1. The van der Waals surface area contributed by atoms with Crippen LogP contribution < -0.4 is 15.5 Å². The summed E-state index contributed by atoms with van der Waals surface area (Å²) >= 11 is 0. The monoisotopic (exact) mass is 403 g/mol. The van der Waals surface area contributed by atoms with Crippen molar-refractivity contribution in [3.63, 3.8) is 0 Å². The van der Waals surface area contributed by atoms with Crippen LogP contribution in [0.3, 0.4) is 0 Å². The Morgan fingerprint density at radius 3 is 2.62 bits per heavy atom. The molecule has 0 aromatic carbocycles. The van der Waals surface area contributed by atoms with Crippen LogP contribution in [0.4, 0.5) is 5.82 Å². The van der Waals surface area contributed by atoms with Crippen molar-refractivity contribution < 1.29 is 0 Å². The van der Waals surface area contributed by atoms with Gasteiger partial charge in [0.15, 0.2) is 5.96 Å². The number of hydrogen-bond donors (Lipinski definition) is 2. The summed E-state index contributed by atoms with van der Waals surface area (Å²) in [5.74, 6) is 1.95. The zero-order chi connectivity index (χ0) is 21.1. The number of aliphatic imine (C=N–C) groups is 1. The van der Waals surface area contributed by atoms with Gasteiger partial charge in [-0.1, -0.05) is 19.9 Å². The Labute approximate surface area is 177 Å². The van der Waals surface area contributed by atoms with Gasteiger partial charge in [0.05, 0.1) is 0 Å².